The van der Waals surface area contributed by atoms with Crippen LogP contribution < -0.4 is 4.74 Å². The standard InChI is InChI=1S/C23H24N2O4S2/c1-18-7-12-22(30-18)31(27,28)25-15-13-24(14-16-25)23(26)20-10-8-19(9-11-20)17-29-21-5-3-2-4-6-21/h2-12H,13-17H2,1H3. The zero-order chi connectivity index (χ0) is 21.8. The quantitative estimate of drug-likeness (QED) is 0.566. The Bertz CT molecular complexity index is 1130. The highest BCUT2D eigenvalue weighted by Gasteiger charge is 2.31. The second-order valence-electron chi connectivity index (χ2n) is 7.36. The number of piperazine rings is 1. The first-order chi connectivity index (χ1) is 14.9. The van der Waals surface area contributed by atoms with Gasteiger partial charge in [-0.05, 0) is 48.9 Å². The Morgan fingerprint density at radius 3 is 2.23 bits per heavy atom. The molecule has 1 amide bonds. The minimum absolute atomic E-state index is 0.0838. The predicted molar refractivity (Wildman–Crippen MR) is 121 cm³/mol. The molecule has 3 aromatic rings. The number of para-hydroxylation sites is 1. The number of hydrogen-bond acceptors (Lipinski definition) is 5. The molecule has 31 heavy (non-hydrogen) atoms. The number of carbonyl (C=O) groups is 1. The molecule has 1 aliphatic rings. The van der Waals surface area contributed by atoms with Crippen LogP contribution in [-0.2, 0) is 16.6 Å². The van der Waals surface area contributed by atoms with Crippen molar-refractivity contribution in [2.75, 3.05) is 26.2 Å². The number of ether oxygens (including phenoxy) is 1. The third-order valence-corrected chi connectivity index (χ3v) is 8.55. The molecule has 1 aliphatic heterocycles. The molecule has 2 aromatic carbocycles. The van der Waals surface area contributed by atoms with E-state index in [1.54, 1.807) is 23.1 Å². The van der Waals surface area contributed by atoms with E-state index in [-0.39, 0.29) is 5.91 Å². The summed E-state index contributed by atoms with van der Waals surface area (Å²) in [5.41, 5.74) is 1.57. The Labute approximate surface area is 186 Å². The number of hydrogen-bond donors (Lipinski definition) is 0. The van der Waals surface area contributed by atoms with Crippen molar-refractivity contribution in [1.29, 1.82) is 0 Å². The molecule has 0 bridgehead atoms. The van der Waals surface area contributed by atoms with E-state index >= 15 is 0 Å². The summed E-state index contributed by atoms with van der Waals surface area (Å²) in [6.45, 7) is 3.67. The van der Waals surface area contributed by atoms with Crippen molar-refractivity contribution in [3.05, 3.63) is 82.7 Å². The molecule has 0 atom stereocenters. The Morgan fingerprint density at radius 1 is 0.935 bits per heavy atom. The van der Waals surface area contributed by atoms with Gasteiger partial charge in [0.05, 0.1) is 0 Å². The van der Waals surface area contributed by atoms with E-state index in [4.69, 9.17) is 4.74 Å². The van der Waals surface area contributed by atoms with E-state index in [0.29, 0.717) is 42.6 Å². The first kappa shape index (κ1) is 21.5. The van der Waals surface area contributed by atoms with Gasteiger partial charge >= 0.3 is 0 Å². The van der Waals surface area contributed by atoms with Crippen LogP contribution >= 0.6 is 11.3 Å². The maximum atomic E-state index is 12.8. The van der Waals surface area contributed by atoms with Gasteiger partial charge < -0.3 is 9.64 Å². The summed E-state index contributed by atoms with van der Waals surface area (Å²) in [5.74, 6) is 0.715. The molecular weight excluding hydrogens is 432 g/mol. The van der Waals surface area contributed by atoms with Crippen molar-refractivity contribution >= 4 is 27.3 Å². The zero-order valence-corrected chi connectivity index (χ0v) is 18.9. The minimum Gasteiger partial charge on any atom is -0.489 e. The molecule has 0 aliphatic carbocycles. The summed E-state index contributed by atoms with van der Waals surface area (Å²) in [6.07, 6.45) is 0. The molecule has 0 N–H and O–H groups in total. The molecule has 8 heteroatoms. The highest BCUT2D eigenvalue weighted by atomic mass is 32.2. The second kappa shape index (κ2) is 9.21. The summed E-state index contributed by atoms with van der Waals surface area (Å²) < 4.78 is 33.1. The summed E-state index contributed by atoms with van der Waals surface area (Å²) in [5, 5.41) is 0. The monoisotopic (exact) mass is 456 g/mol. The lowest BCUT2D eigenvalue weighted by molar-refractivity contribution is 0.0698. The highest BCUT2D eigenvalue weighted by Crippen LogP contribution is 2.25. The molecule has 1 saturated heterocycles. The van der Waals surface area contributed by atoms with E-state index in [1.807, 2.05) is 55.5 Å². The van der Waals surface area contributed by atoms with Gasteiger partial charge in [-0.3, -0.25) is 4.79 Å². The summed E-state index contributed by atoms with van der Waals surface area (Å²) in [6, 6.07) is 20.4. The van der Waals surface area contributed by atoms with Gasteiger partial charge in [0.2, 0.25) is 0 Å². The van der Waals surface area contributed by atoms with Crippen LogP contribution in [0.5, 0.6) is 5.75 Å². The van der Waals surface area contributed by atoms with Crippen LogP contribution in [0.4, 0.5) is 0 Å². The minimum atomic E-state index is -3.49. The second-order valence-corrected chi connectivity index (χ2v) is 10.8. The largest absolute Gasteiger partial charge is 0.489 e. The topological polar surface area (TPSA) is 66.9 Å². The lowest BCUT2D eigenvalue weighted by atomic mass is 10.1. The van der Waals surface area contributed by atoms with Gasteiger partial charge in [-0.2, -0.15) is 4.31 Å². The zero-order valence-electron chi connectivity index (χ0n) is 17.2. The number of amides is 1. The van der Waals surface area contributed by atoms with Crippen LogP contribution in [0.1, 0.15) is 20.8 Å². The van der Waals surface area contributed by atoms with Crippen LogP contribution in [0, 0.1) is 6.92 Å². The number of carbonyl (C=O) groups excluding carboxylic acids is 1. The first-order valence-electron chi connectivity index (χ1n) is 10.1. The van der Waals surface area contributed by atoms with E-state index < -0.39 is 10.0 Å². The Balaban J connectivity index is 1.33. The number of sulfonamides is 1. The smallest absolute Gasteiger partial charge is 0.253 e. The molecule has 1 fully saturated rings. The number of aryl methyl sites for hydroxylation is 1. The van der Waals surface area contributed by atoms with Crippen molar-refractivity contribution in [1.82, 2.24) is 9.21 Å². The van der Waals surface area contributed by atoms with Crippen LogP contribution in [0.15, 0.2) is 70.9 Å². The van der Waals surface area contributed by atoms with Crippen LogP contribution in [0.2, 0.25) is 0 Å². The number of rotatable bonds is 6. The molecule has 1 aromatic heterocycles. The molecule has 0 radical (unpaired) electrons. The maximum absolute atomic E-state index is 12.8. The molecule has 0 spiro atoms. The van der Waals surface area contributed by atoms with Crippen molar-refractivity contribution < 1.29 is 17.9 Å². The van der Waals surface area contributed by atoms with Crippen molar-refractivity contribution in [3.63, 3.8) is 0 Å². The molecule has 4 rings (SSSR count). The van der Waals surface area contributed by atoms with Crippen LogP contribution in [0.3, 0.4) is 0 Å². The lowest BCUT2D eigenvalue weighted by Crippen LogP contribution is -2.50. The fourth-order valence-electron chi connectivity index (χ4n) is 3.42. The number of benzene rings is 2. The normalized spacial score (nSPS) is 15.1. The molecular formula is C23H24N2O4S2. The third kappa shape index (κ3) is 4.98. The predicted octanol–water partition coefficient (Wildman–Crippen LogP) is 3.78. The van der Waals surface area contributed by atoms with Gasteiger partial charge in [0, 0.05) is 36.6 Å². The van der Waals surface area contributed by atoms with Gasteiger partial charge in [-0.1, -0.05) is 30.3 Å². The fourth-order valence-corrected chi connectivity index (χ4v) is 6.28. The lowest BCUT2D eigenvalue weighted by Gasteiger charge is -2.33. The molecule has 6 nitrogen and oxygen atoms in total. The van der Waals surface area contributed by atoms with E-state index in [9.17, 15) is 13.2 Å². The van der Waals surface area contributed by atoms with Gasteiger partial charge in [-0.25, -0.2) is 8.42 Å². The van der Waals surface area contributed by atoms with E-state index in [1.165, 1.54) is 15.6 Å². The van der Waals surface area contributed by atoms with Crippen LogP contribution in [-0.4, -0.2) is 49.7 Å². The maximum Gasteiger partial charge on any atom is 0.253 e. The molecule has 0 unspecified atom stereocenters. The van der Waals surface area contributed by atoms with Crippen molar-refractivity contribution in [2.45, 2.75) is 17.7 Å². The first-order valence-corrected chi connectivity index (χ1v) is 12.3. The van der Waals surface area contributed by atoms with Gasteiger partial charge in [0.25, 0.3) is 15.9 Å². The Morgan fingerprint density at radius 2 is 1.61 bits per heavy atom. The van der Waals surface area contributed by atoms with E-state index in [0.717, 1.165) is 16.2 Å². The molecule has 2 heterocycles. The fraction of sp³-hybridized carbons (Fsp3) is 0.261. The molecule has 162 valence electrons. The van der Waals surface area contributed by atoms with Gasteiger partial charge in [0.15, 0.2) is 0 Å². The average molecular weight is 457 g/mol. The molecule has 0 saturated carbocycles. The SMILES string of the molecule is Cc1ccc(S(=O)(=O)N2CCN(C(=O)c3ccc(COc4ccccc4)cc3)CC2)s1. The summed E-state index contributed by atoms with van der Waals surface area (Å²) >= 11 is 1.28. The van der Waals surface area contributed by atoms with E-state index in [2.05, 4.69) is 0 Å². The van der Waals surface area contributed by atoms with Crippen molar-refractivity contribution in [3.8, 4) is 5.75 Å². The number of nitrogens with zero attached hydrogens (tertiary/aromatic N) is 2. The Hall–Kier alpha value is -2.68. The number of thiophene rings is 1. The Kier molecular flexibility index (Phi) is 6.41. The average Bonchev–Trinajstić information content (AvgIpc) is 3.25. The van der Waals surface area contributed by atoms with Gasteiger partial charge in [-0.15, -0.1) is 11.3 Å². The summed E-state index contributed by atoms with van der Waals surface area (Å²) in [7, 11) is -3.49. The van der Waals surface area contributed by atoms with Crippen molar-refractivity contribution in [2.24, 2.45) is 0 Å². The van der Waals surface area contributed by atoms with Crippen LogP contribution in [0.25, 0.3) is 0 Å². The highest BCUT2D eigenvalue weighted by molar-refractivity contribution is 7.91. The van der Waals surface area contributed by atoms with Gasteiger partial charge in [0.1, 0.15) is 16.6 Å². The third-order valence-electron chi connectivity index (χ3n) is 5.19. The summed E-state index contributed by atoms with van der Waals surface area (Å²) in [4.78, 5) is 15.5.